The van der Waals surface area contributed by atoms with Gasteiger partial charge in [-0.25, -0.2) is 4.39 Å². The van der Waals surface area contributed by atoms with Crippen molar-refractivity contribution in [2.75, 3.05) is 13.6 Å². The highest BCUT2D eigenvalue weighted by molar-refractivity contribution is 6.45. The summed E-state index contributed by atoms with van der Waals surface area (Å²) in [7, 11) is 1.62. The minimum atomic E-state index is -0.433. The van der Waals surface area contributed by atoms with Crippen LogP contribution in [0.1, 0.15) is 66.0 Å². The zero-order valence-corrected chi connectivity index (χ0v) is 24.5. The summed E-state index contributed by atoms with van der Waals surface area (Å²) in [5, 5.41) is 3.03. The predicted octanol–water partition coefficient (Wildman–Crippen LogP) is 7.16. The number of aromatic nitrogens is 1. The van der Waals surface area contributed by atoms with Crippen molar-refractivity contribution >= 4 is 23.5 Å². The summed E-state index contributed by atoms with van der Waals surface area (Å²) in [6.45, 7) is 10.6. The van der Waals surface area contributed by atoms with Gasteiger partial charge in [0.05, 0.1) is 5.69 Å². The summed E-state index contributed by atoms with van der Waals surface area (Å²) in [5.41, 5.74) is 5.05. The molecule has 40 heavy (non-hydrogen) atoms. The molecular weight excluding hydrogens is 501 g/mol. The summed E-state index contributed by atoms with van der Waals surface area (Å²) in [5.74, 6) is -0.835. The average molecular weight is 542 g/mol. The number of aliphatic imine (C=N–C) groups is 1. The Balaban J connectivity index is 1.69. The summed E-state index contributed by atoms with van der Waals surface area (Å²) in [6.07, 6.45) is 11.3. The Bertz CT molecular complexity index is 1400. The first-order valence-corrected chi connectivity index (χ1v) is 14.0. The number of amides is 1. The fourth-order valence-electron chi connectivity index (χ4n) is 5.17. The molecule has 1 heterocycles. The van der Waals surface area contributed by atoms with E-state index in [0.29, 0.717) is 29.9 Å². The molecule has 210 valence electrons. The van der Waals surface area contributed by atoms with Crippen molar-refractivity contribution in [3.8, 4) is 11.1 Å². The molecule has 0 aliphatic heterocycles. The molecule has 1 saturated carbocycles. The van der Waals surface area contributed by atoms with Crippen LogP contribution in [0.25, 0.3) is 17.2 Å². The molecule has 1 aromatic heterocycles. The minimum absolute atomic E-state index is 0.0806. The van der Waals surface area contributed by atoms with Crippen molar-refractivity contribution in [2.45, 2.75) is 60.3 Å². The SMILES string of the molecule is CN=C(C(=O)NCC(C)(C)C)C(=C(C)C)C(/C=C/c1ccc(-c2cccc(F)c2)cn1)C1=CCC2(CC2)CC1=O. The third kappa shape index (κ3) is 7.09. The van der Waals surface area contributed by atoms with Crippen LogP contribution in [0.3, 0.4) is 0 Å². The molecule has 1 unspecified atom stereocenters. The number of pyridine rings is 1. The molecule has 1 atom stereocenters. The number of halogens is 1. The van der Waals surface area contributed by atoms with Crippen LogP contribution in [-0.4, -0.2) is 36.0 Å². The van der Waals surface area contributed by atoms with Crippen molar-refractivity contribution in [1.29, 1.82) is 0 Å². The van der Waals surface area contributed by atoms with Gasteiger partial charge in [-0.3, -0.25) is 19.6 Å². The zero-order valence-electron chi connectivity index (χ0n) is 24.5. The lowest BCUT2D eigenvalue weighted by molar-refractivity contribution is -0.117. The second-order valence-electron chi connectivity index (χ2n) is 12.5. The Morgan fingerprint density at radius 2 is 1.93 bits per heavy atom. The number of rotatable bonds is 8. The highest BCUT2D eigenvalue weighted by Gasteiger charge is 2.47. The highest BCUT2D eigenvalue weighted by Crippen LogP contribution is 2.55. The lowest BCUT2D eigenvalue weighted by Gasteiger charge is -2.28. The number of ketones is 1. The lowest BCUT2D eigenvalue weighted by Crippen LogP contribution is -2.39. The number of carbonyl (C=O) groups excluding carboxylic acids is 2. The molecule has 0 radical (unpaired) electrons. The molecule has 1 spiro atoms. The van der Waals surface area contributed by atoms with Crippen molar-refractivity contribution in [2.24, 2.45) is 21.7 Å². The number of Topliss-reactive ketones (excluding diaryl/α,β-unsaturated/α-hetero) is 1. The molecule has 6 heteroatoms. The Morgan fingerprint density at radius 1 is 1.18 bits per heavy atom. The maximum atomic E-state index is 13.7. The molecule has 1 N–H and O–H groups in total. The quantitative estimate of drug-likeness (QED) is 0.361. The van der Waals surface area contributed by atoms with E-state index < -0.39 is 5.92 Å². The number of hydrogen-bond acceptors (Lipinski definition) is 4. The maximum Gasteiger partial charge on any atom is 0.269 e. The van der Waals surface area contributed by atoms with Crippen LogP contribution < -0.4 is 5.32 Å². The number of carbonyl (C=O) groups is 2. The summed E-state index contributed by atoms with van der Waals surface area (Å²) < 4.78 is 13.7. The molecule has 2 aromatic rings. The number of nitrogens with zero attached hydrogens (tertiary/aromatic N) is 2. The van der Waals surface area contributed by atoms with Crippen LogP contribution in [0.5, 0.6) is 0 Å². The van der Waals surface area contributed by atoms with Gasteiger partial charge in [-0.2, -0.15) is 0 Å². The van der Waals surface area contributed by atoms with Crippen LogP contribution in [-0.2, 0) is 9.59 Å². The van der Waals surface area contributed by atoms with Crippen LogP contribution in [0.15, 0.2) is 76.5 Å². The van der Waals surface area contributed by atoms with Crippen molar-refractivity contribution < 1.29 is 14.0 Å². The zero-order chi connectivity index (χ0) is 29.1. The molecule has 4 rings (SSSR count). The largest absolute Gasteiger partial charge is 0.350 e. The third-order valence-corrected chi connectivity index (χ3v) is 7.63. The van der Waals surface area contributed by atoms with E-state index in [1.807, 2.05) is 44.2 Å². The highest BCUT2D eigenvalue weighted by atomic mass is 19.1. The van der Waals surface area contributed by atoms with Gasteiger partial charge in [0.1, 0.15) is 11.5 Å². The van der Waals surface area contributed by atoms with Gasteiger partial charge in [0.15, 0.2) is 5.78 Å². The Kier molecular flexibility index (Phi) is 8.67. The van der Waals surface area contributed by atoms with E-state index in [-0.39, 0.29) is 28.3 Å². The van der Waals surface area contributed by atoms with E-state index in [1.165, 1.54) is 12.1 Å². The fraction of sp³-hybridized carbons (Fsp3) is 0.412. The Morgan fingerprint density at radius 3 is 2.48 bits per heavy atom. The van der Waals surface area contributed by atoms with Gasteiger partial charge in [-0.05, 0) is 79.4 Å². The van der Waals surface area contributed by atoms with Crippen molar-refractivity contribution in [1.82, 2.24) is 10.3 Å². The Hall–Kier alpha value is -3.67. The van der Waals surface area contributed by atoms with Gasteiger partial charge in [-0.15, -0.1) is 0 Å². The molecular formula is C34H40FN3O2. The first-order chi connectivity index (χ1) is 18.9. The fourth-order valence-corrected chi connectivity index (χ4v) is 5.17. The van der Waals surface area contributed by atoms with Crippen molar-refractivity contribution in [3.63, 3.8) is 0 Å². The van der Waals surface area contributed by atoms with E-state index in [2.05, 4.69) is 42.1 Å². The van der Waals surface area contributed by atoms with E-state index >= 15 is 0 Å². The smallest absolute Gasteiger partial charge is 0.269 e. The molecule has 0 saturated heterocycles. The second-order valence-corrected chi connectivity index (χ2v) is 12.5. The Labute approximate surface area is 237 Å². The minimum Gasteiger partial charge on any atom is -0.350 e. The molecule has 2 aliphatic rings. The summed E-state index contributed by atoms with van der Waals surface area (Å²) in [4.78, 5) is 35.9. The third-order valence-electron chi connectivity index (χ3n) is 7.63. The van der Waals surface area contributed by atoms with Gasteiger partial charge >= 0.3 is 0 Å². The van der Waals surface area contributed by atoms with Gasteiger partial charge in [-0.1, -0.05) is 56.7 Å². The molecule has 5 nitrogen and oxygen atoms in total. The number of nitrogens with one attached hydrogen (secondary N) is 1. The molecule has 0 bridgehead atoms. The van der Waals surface area contributed by atoms with E-state index in [9.17, 15) is 14.0 Å². The predicted molar refractivity (Wildman–Crippen MR) is 160 cm³/mol. The number of benzene rings is 1. The average Bonchev–Trinajstić information content (AvgIpc) is 3.65. The van der Waals surface area contributed by atoms with E-state index in [1.54, 1.807) is 19.3 Å². The van der Waals surface area contributed by atoms with E-state index in [0.717, 1.165) is 41.5 Å². The summed E-state index contributed by atoms with van der Waals surface area (Å²) >= 11 is 0. The van der Waals surface area contributed by atoms with Gasteiger partial charge in [0.2, 0.25) is 0 Å². The van der Waals surface area contributed by atoms with Gasteiger partial charge < -0.3 is 5.32 Å². The number of hydrogen-bond donors (Lipinski definition) is 1. The van der Waals surface area contributed by atoms with Crippen LogP contribution in [0, 0.1) is 22.6 Å². The summed E-state index contributed by atoms with van der Waals surface area (Å²) in [6, 6.07) is 10.2. The number of allylic oxidation sites excluding steroid dienone is 4. The molecule has 1 amide bonds. The van der Waals surface area contributed by atoms with Crippen LogP contribution in [0.4, 0.5) is 4.39 Å². The second kappa shape index (κ2) is 11.8. The first kappa shape index (κ1) is 29.3. The molecule has 2 aliphatic carbocycles. The first-order valence-electron chi connectivity index (χ1n) is 14.0. The van der Waals surface area contributed by atoms with Gasteiger partial charge in [0.25, 0.3) is 5.91 Å². The van der Waals surface area contributed by atoms with E-state index in [4.69, 9.17) is 0 Å². The topological polar surface area (TPSA) is 71.4 Å². The lowest BCUT2D eigenvalue weighted by atomic mass is 9.76. The molecule has 1 fully saturated rings. The normalized spacial score (nSPS) is 17.5. The van der Waals surface area contributed by atoms with Gasteiger partial charge in [0, 0.05) is 43.3 Å². The van der Waals surface area contributed by atoms with Crippen molar-refractivity contribution in [3.05, 3.63) is 83.0 Å². The molecule has 1 aromatic carbocycles. The van der Waals surface area contributed by atoms with Crippen LogP contribution in [0.2, 0.25) is 0 Å². The maximum absolute atomic E-state index is 13.7. The monoisotopic (exact) mass is 541 g/mol. The van der Waals surface area contributed by atoms with Crippen LogP contribution >= 0.6 is 0 Å². The standard InChI is InChI=1S/C34H40FN3O2/c1-22(2)30(31(36-6)32(40)38-21-33(3,4)5)28(27-14-15-34(16-17-34)19-29(27)39)13-12-26-11-10-24(20-37-26)23-8-7-9-25(35)18-23/h7-14,18,20,28H,15-17,19,21H2,1-6H3,(H,38,40)/b13-12+,36-31?.